The van der Waals surface area contributed by atoms with Crippen LogP contribution in [0.4, 0.5) is 5.69 Å². The minimum absolute atomic E-state index is 0.0990. The molecule has 17 heavy (non-hydrogen) atoms. The molecule has 5 heteroatoms. The number of carbonyl (C=O) groups excluding carboxylic acids is 1. The Bertz CT molecular complexity index is 469. The normalized spacial score (nSPS) is 11.4. The number of benzene rings is 1. The van der Waals surface area contributed by atoms with Crippen LogP contribution in [-0.2, 0) is 9.53 Å². The van der Waals surface area contributed by atoms with E-state index in [4.69, 9.17) is 22.1 Å². The van der Waals surface area contributed by atoms with Crippen LogP contribution in [0.1, 0.15) is 19.4 Å². The van der Waals surface area contributed by atoms with Gasteiger partial charge < -0.3 is 15.6 Å². The van der Waals surface area contributed by atoms with Gasteiger partial charge in [-0.05, 0) is 32.1 Å². The van der Waals surface area contributed by atoms with Crippen molar-refractivity contribution in [2.24, 2.45) is 0 Å². The van der Waals surface area contributed by atoms with Crippen LogP contribution in [-0.4, -0.2) is 17.7 Å². The average Bonchev–Trinajstić information content (AvgIpc) is 2.25. The number of carbonyl (C=O) groups is 1. The summed E-state index contributed by atoms with van der Waals surface area (Å²) in [6.45, 7) is 3.61. The molecule has 1 aromatic rings. The molecule has 0 bridgehead atoms. The van der Waals surface area contributed by atoms with Crippen molar-refractivity contribution in [1.82, 2.24) is 0 Å². The molecule has 0 saturated heterocycles. The largest absolute Gasteiger partial charge is 0.505 e. The number of phenolic OH excluding ortho intramolecular Hbond substituents is 1. The van der Waals surface area contributed by atoms with Crippen molar-refractivity contribution in [1.29, 1.82) is 0 Å². The van der Waals surface area contributed by atoms with Crippen LogP contribution in [0.2, 0.25) is 5.02 Å². The smallest absolute Gasteiger partial charge is 0.333 e. The zero-order chi connectivity index (χ0) is 13.0. The number of ether oxygens (including phenoxy) is 1. The molecule has 0 aromatic heterocycles. The second-order valence-corrected chi connectivity index (χ2v) is 3.92. The molecule has 0 aliphatic heterocycles. The van der Waals surface area contributed by atoms with Gasteiger partial charge in [0.25, 0.3) is 0 Å². The first kappa shape index (κ1) is 13.4. The number of nitrogens with two attached hydrogens (primary N) is 1. The first-order chi connectivity index (χ1) is 7.95. The Hall–Kier alpha value is -1.68. The van der Waals surface area contributed by atoms with E-state index >= 15 is 0 Å². The van der Waals surface area contributed by atoms with Crippen LogP contribution in [0.5, 0.6) is 5.75 Å². The highest BCUT2D eigenvalue weighted by molar-refractivity contribution is 6.31. The fourth-order valence-corrected chi connectivity index (χ4v) is 1.52. The van der Waals surface area contributed by atoms with Gasteiger partial charge in [-0.25, -0.2) is 4.79 Å². The molecular formula is C12H14ClNO3. The average molecular weight is 256 g/mol. The fraction of sp³-hybridized carbons (Fsp3) is 0.250. The Kier molecular flexibility index (Phi) is 4.40. The molecule has 3 N–H and O–H groups in total. The van der Waals surface area contributed by atoms with Crippen LogP contribution in [0.3, 0.4) is 0 Å². The third-order valence-corrected chi connectivity index (χ3v) is 2.32. The molecule has 0 unspecified atom stereocenters. The molecule has 1 rings (SSSR count). The Morgan fingerprint density at radius 2 is 2.24 bits per heavy atom. The molecule has 0 aliphatic rings. The molecule has 0 aliphatic carbocycles. The number of aromatic hydroxyl groups is 1. The summed E-state index contributed by atoms with van der Waals surface area (Å²) < 4.78 is 4.82. The second-order valence-electron chi connectivity index (χ2n) is 3.48. The van der Waals surface area contributed by atoms with Gasteiger partial charge in [-0.3, -0.25) is 0 Å². The predicted octanol–water partition coefficient (Wildman–Crippen LogP) is 2.59. The maximum Gasteiger partial charge on any atom is 0.333 e. The van der Waals surface area contributed by atoms with Crippen LogP contribution in [0.15, 0.2) is 17.7 Å². The van der Waals surface area contributed by atoms with Gasteiger partial charge in [0.05, 0.1) is 12.3 Å². The first-order valence-corrected chi connectivity index (χ1v) is 5.47. The third-order valence-electron chi connectivity index (χ3n) is 2.10. The van der Waals surface area contributed by atoms with Crippen molar-refractivity contribution in [2.75, 3.05) is 12.3 Å². The number of phenols is 1. The SMILES string of the molecule is CCOC(=O)C(C)=Cc1cc(Cl)cc(N)c1O. The molecule has 1 aromatic carbocycles. The highest BCUT2D eigenvalue weighted by Crippen LogP contribution is 2.30. The molecule has 92 valence electrons. The second kappa shape index (κ2) is 5.59. The number of hydrogen-bond acceptors (Lipinski definition) is 4. The monoisotopic (exact) mass is 255 g/mol. The lowest BCUT2D eigenvalue weighted by molar-refractivity contribution is -0.138. The van der Waals surface area contributed by atoms with Gasteiger partial charge in [0, 0.05) is 16.2 Å². The molecule has 0 fully saturated rings. The topological polar surface area (TPSA) is 72.5 Å². The fourth-order valence-electron chi connectivity index (χ4n) is 1.29. The zero-order valence-electron chi connectivity index (χ0n) is 9.66. The Labute approximate surface area is 105 Å². The van der Waals surface area contributed by atoms with Crippen molar-refractivity contribution >= 4 is 29.3 Å². The van der Waals surface area contributed by atoms with E-state index in [1.807, 2.05) is 0 Å². The van der Waals surface area contributed by atoms with Crippen molar-refractivity contribution in [2.45, 2.75) is 13.8 Å². The summed E-state index contributed by atoms with van der Waals surface area (Å²) in [6.07, 6.45) is 1.48. The van der Waals surface area contributed by atoms with E-state index in [0.29, 0.717) is 22.8 Å². The van der Waals surface area contributed by atoms with Crippen molar-refractivity contribution in [3.8, 4) is 5.75 Å². The number of halogens is 1. The van der Waals surface area contributed by atoms with E-state index in [1.165, 1.54) is 18.2 Å². The molecule has 0 heterocycles. The zero-order valence-corrected chi connectivity index (χ0v) is 10.4. The third kappa shape index (κ3) is 3.39. The summed E-state index contributed by atoms with van der Waals surface area (Å²) in [4.78, 5) is 11.4. The minimum atomic E-state index is -0.439. The van der Waals surface area contributed by atoms with Gasteiger partial charge >= 0.3 is 5.97 Å². The highest BCUT2D eigenvalue weighted by atomic mass is 35.5. The van der Waals surface area contributed by atoms with E-state index in [1.54, 1.807) is 13.8 Å². The van der Waals surface area contributed by atoms with Crippen molar-refractivity contribution < 1.29 is 14.6 Å². The van der Waals surface area contributed by atoms with E-state index in [2.05, 4.69) is 0 Å². The maximum atomic E-state index is 11.4. The molecule has 0 atom stereocenters. The van der Waals surface area contributed by atoms with Gasteiger partial charge in [0.15, 0.2) is 0 Å². The van der Waals surface area contributed by atoms with Gasteiger partial charge in [0.1, 0.15) is 5.75 Å². The molecule has 0 spiro atoms. The van der Waals surface area contributed by atoms with Gasteiger partial charge in [-0.2, -0.15) is 0 Å². The van der Waals surface area contributed by atoms with Gasteiger partial charge in [0.2, 0.25) is 0 Å². The number of hydrogen-bond donors (Lipinski definition) is 2. The van der Waals surface area contributed by atoms with E-state index in [9.17, 15) is 9.90 Å². The lowest BCUT2D eigenvalue weighted by atomic mass is 10.1. The number of anilines is 1. The quantitative estimate of drug-likeness (QED) is 0.377. The summed E-state index contributed by atoms with van der Waals surface area (Å²) >= 11 is 5.81. The summed E-state index contributed by atoms with van der Waals surface area (Å²) in [5, 5.41) is 10.1. The van der Waals surface area contributed by atoms with Gasteiger partial charge in [-0.1, -0.05) is 11.6 Å². The summed E-state index contributed by atoms with van der Waals surface area (Å²) in [5.41, 5.74) is 6.47. The number of rotatable bonds is 3. The van der Waals surface area contributed by atoms with Crippen LogP contribution < -0.4 is 5.73 Å². The predicted molar refractivity (Wildman–Crippen MR) is 67.8 cm³/mol. The summed E-state index contributed by atoms with van der Waals surface area (Å²) in [6, 6.07) is 2.96. The lowest BCUT2D eigenvalue weighted by Gasteiger charge is -2.06. The van der Waals surface area contributed by atoms with Crippen molar-refractivity contribution in [3.63, 3.8) is 0 Å². The Morgan fingerprint density at radius 3 is 2.82 bits per heavy atom. The van der Waals surface area contributed by atoms with E-state index in [-0.39, 0.29) is 11.4 Å². The minimum Gasteiger partial charge on any atom is -0.505 e. The molecule has 0 amide bonds. The summed E-state index contributed by atoms with van der Waals surface area (Å²) in [7, 11) is 0. The standard InChI is InChI=1S/C12H14ClNO3/c1-3-17-12(16)7(2)4-8-5-9(13)6-10(14)11(8)15/h4-6,15H,3,14H2,1-2H3. The van der Waals surface area contributed by atoms with Crippen LogP contribution in [0, 0.1) is 0 Å². The van der Waals surface area contributed by atoms with Crippen LogP contribution in [0.25, 0.3) is 6.08 Å². The van der Waals surface area contributed by atoms with Crippen molar-refractivity contribution in [3.05, 3.63) is 28.3 Å². The number of nitrogen functional groups attached to an aromatic ring is 1. The Balaban J connectivity index is 3.09. The highest BCUT2D eigenvalue weighted by Gasteiger charge is 2.09. The van der Waals surface area contributed by atoms with E-state index in [0.717, 1.165) is 0 Å². The lowest BCUT2D eigenvalue weighted by Crippen LogP contribution is -2.04. The van der Waals surface area contributed by atoms with Crippen LogP contribution >= 0.6 is 11.6 Å². The molecule has 0 radical (unpaired) electrons. The molecular weight excluding hydrogens is 242 g/mol. The maximum absolute atomic E-state index is 11.4. The van der Waals surface area contributed by atoms with E-state index < -0.39 is 5.97 Å². The first-order valence-electron chi connectivity index (χ1n) is 5.09. The number of esters is 1. The molecule has 0 saturated carbocycles. The molecule has 4 nitrogen and oxygen atoms in total. The Morgan fingerprint density at radius 1 is 1.59 bits per heavy atom. The summed E-state index contributed by atoms with van der Waals surface area (Å²) in [5.74, 6) is -0.538. The van der Waals surface area contributed by atoms with Gasteiger partial charge in [-0.15, -0.1) is 0 Å².